The Morgan fingerprint density at radius 2 is 2.00 bits per heavy atom. The lowest BCUT2D eigenvalue weighted by Gasteiger charge is -2.03. The molecule has 5 aromatic rings. The van der Waals surface area contributed by atoms with Crippen LogP contribution in [-0.2, 0) is 4.79 Å². The Balaban J connectivity index is 1.54. The van der Waals surface area contributed by atoms with Gasteiger partial charge in [0.05, 0.1) is 11.9 Å². The maximum atomic E-state index is 11.4. The van der Waals surface area contributed by atoms with E-state index in [1.54, 1.807) is 37.5 Å². The first-order chi connectivity index (χ1) is 16.5. The van der Waals surface area contributed by atoms with Gasteiger partial charge in [-0.3, -0.25) is 4.79 Å². The number of nitrogens with one attached hydrogen (secondary N) is 2. The van der Waals surface area contributed by atoms with Gasteiger partial charge in [-0.25, -0.2) is 9.97 Å². The number of amides is 1. The summed E-state index contributed by atoms with van der Waals surface area (Å²) in [5, 5.41) is 33.8. The third-order valence-corrected chi connectivity index (χ3v) is 4.75. The van der Waals surface area contributed by atoms with Crippen LogP contribution in [-0.4, -0.2) is 45.5 Å². The van der Waals surface area contributed by atoms with Crippen LogP contribution in [0.25, 0.3) is 23.0 Å². The number of hydrogen-bond acceptors (Lipinski definition) is 9. The minimum absolute atomic E-state index is 0.165. The molecule has 0 unspecified atom stereocenters. The second-order valence-electron chi connectivity index (χ2n) is 7.16. The number of benzene rings is 1. The van der Waals surface area contributed by atoms with E-state index < -0.39 is 0 Å². The SMILES string of the molecule is CC(=O)Nc1cccc(-c2nn3nc(C)c(/N=N/c4c(C#N)cnn4-c4ncccn4)c3[nH]2)c1. The number of hydrogen-bond donors (Lipinski definition) is 2. The van der Waals surface area contributed by atoms with Crippen molar-refractivity contribution in [3.05, 3.63) is 60.2 Å². The van der Waals surface area contributed by atoms with E-state index in [0.717, 1.165) is 5.56 Å². The second-order valence-corrected chi connectivity index (χ2v) is 7.16. The quantitative estimate of drug-likeness (QED) is 0.386. The average molecular weight is 452 g/mol. The number of nitrogens with zero attached hydrogens (tertiary/aromatic N) is 10. The fourth-order valence-electron chi connectivity index (χ4n) is 3.28. The standard InChI is InChI=1S/C21H16N12O/c1-12-17(28-29-19-15(10-22)11-25-32(19)21-23-7-4-8-24-21)20-27-18(31-33(20)30-12)14-5-3-6-16(9-14)26-13(2)34/h3-9,11H,1-2H3,(H,26,34)(H,27,31)/b29-28+. The van der Waals surface area contributed by atoms with Crippen LogP contribution in [0.5, 0.6) is 0 Å². The number of nitriles is 1. The van der Waals surface area contributed by atoms with Crippen LogP contribution in [0.3, 0.4) is 0 Å². The summed E-state index contributed by atoms with van der Waals surface area (Å²) in [6.45, 7) is 3.22. The number of aromatic amines is 1. The molecule has 0 radical (unpaired) electrons. The Morgan fingerprint density at radius 1 is 1.18 bits per heavy atom. The van der Waals surface area contributed by atoms with Gasteiger partial charge in [0.25, 0.3) is 5.95 Å². The van der Waals surface area contributed by atoms with Crippen LogP contribution in [0.4, 0.5) is 17.2 Å². The highest BCUT2D eigenvalue weighted by Crippen LogP contribution is 2.30. The molecule has 0 atom stereocenters. The number of carbonyl (C=O) groups is 1. The Bertz CT molecular complexity index is 1590. The Labute approximate surface area is 191 Å². The van der Waals surface area contributed by atoms with E-state index in [9.17, 15) is 10.1 Å². The molecular weight excluding hydrogens is 436 g/mol. The molecule has 2 N–H and O–H groups in total. The van der Waals surface area contributed by atoms with E-state index in [1.165, 1.54) is 22.4 Å². The van der Waals surface area contributed by atoms with E-state index in [4.69, 9.17) is 0 Å². The highest BCUT2D eigenvalue weighted by atomic mass is 16.1. The first-order valence-electron chi connectivity index (χ1n) is 10.0. The Hall–Kier alpha value is -5.25. The van der Waals surface area contributed by atoms with Gasteiger partial charge < -0.3 is 10.3 Å². The molecule has 0 aliphatic heterocycles. The fraction of sp³-hybridized carbons (Fsp3) is 0.0952. The van der Waals surface area contributed by atoms with Gasteiger partial charge in [0.15, 0.2) is 23.0 Å². The molecule has 0 fully saturated rings. The van der Waals surface area contributed by atoms with E-state index >= 15 is 0 Å². The number of anilines is 1. The lowest BCUT2D eigenvalue weighted by molar-refractivity contribution is -0.114. The van der Waals surface area contributed by atoms with Crippen molar-refractivity contribution < 1.29 is 4.79 Å². The van der Waals surface area contributed by atoms with Crippen molar-refractivity contribution in [2.24, 2.45) is 10.2 Å². The number of rotatable bonds is 5. The molecule has 1 aromatic carbocycles. The maximum Gasteiger partial charge on any atom is 0.252 e. The molecule has 34 heavy (non-hydrogen) atoms. The number of aromatic nitrogens is 8. The van der Waals surface area contributed by atoms with Gasteiger partial charge in [0, 0.05) is 30.6 Å². The molecule has 13 heteroatoms. The van der Waals surface area contributed by atoms with Crippen LogP contribution in [0.1, 0.15) is 18.2 Å². The first-order valence-corrected chi connectivity index (χ1v) is 10.0. The molecule has 166 valence electrons. The van der Waals surface area contributed by atoms with Crippen molar-refractivity contribution in [3.8, 4) is 23.4 Å². The monoisotopic (exact) mass is 452 g/mol. The third-order valence-electron chi connectivity index (χ3n) is 4.75. The predicted molar refractivity (Wildman–Crippen MR) is 120 cm³/mol. The summed E-state index contributed by atoms with van der Waals surface area (Å²) in [5.41, 5.74) is 3.17. The van der Waals surface area contributed by atoms with Gasteiger partial charge in [-0.15, -0.1) is 20.0 Å². The zero-order valence-electron chi connectivity index (χ0n) is 18.0. The zero-order valence-corrected chi connectivity index (χ0v) is 18.0. The summed E-state index contributed by atoms with van der Waals surface area (Å²) < 4.78 is 2.76. The van der Waals surface area contributed by atoms with E-state index in [-0.39, 0.29) is 23.2 Å². The molecule has 4 heterocycles. The molecule has 13 nitrogen and oxygen atoms in total. The van der Waals surface area contributed by atoms with E-state index in [1.807, 2.05) is 18.2 Å². The molecule has 5 rings (SSSR count). The minimum Gasteiger partial charge on any atom is -0.326 e. The summed E-state index contributed by atoms with van der Waals surface area (Å²) in [7, 11) is 0. The van der Waals surface area contributed by atoms with Crippen molar-refractivity contribution in [3.63, 3.8) is 0 Å². The summed E-state index contributed by atoms with van der Waals surface area (Å²) >= 11 is 0. The number of fused-ring (bicyclic) bond motifs is 1. The number of H-pyrrole nitrogens is 1. The van der Waals surface area contributed by atoms with Gasteiger partial charge in [-0.2, -0.15) is 20.1 Å². The number of aryl methyl sites for hydroxylation is 1. The molecule has 0 aliphatic carbocycles. The molecule has 0 saturated heterocycles. The Kier molecular flexibility index (Phi) is 5.07. The maximum absolute atomic E-state index is 11.4. The van der Waals surface area contributed by atoms with Gasteiger partial charge in [-0.1, -0.05) is 12.1 Å². The average Bonchev–Trinajstić information content (AvgIpc) is 3.51. The lowest BCUT2D eigenvalue weighted by atomic mass is 10.2. The van der Waals surface area contributed by atoms with E-state index in [2.05, 4.69) is 45.8 Å². The topological polar surface area (TPSA) is 167 Å². The van der Waals surface area contributed by atoms with Crippen LogP contribution in [0.2, 0.25) is 0 Å². The third kappa shape index (κ3) is 3.75. The summed E-state index contributed by atoms with van der Waals surface area (Å²) in [6.07, 6.45) is 4.51. The number of azo groups is 1. The molecule has 0 spiro atoms. The number of carbonyl (C=O) groups excluding carboxylic acids is 1. The van der Waals surface area contributed by atoms with Crippen molar-refractivity contribution in [2.45, 2.75) is 13.8 Å². The minimum atomic E-state index is -0.165. The van der Waals surface area contributed by atoms with Gasteiger partial charge in [0.1, 0.15) is 11.6 Å². The molecule has 1 amide bonds. The fourth-order valence-corrected chi connectivity index (χ4v) is 3.28. The van der Waals surface area contributed by atoms with Crippen molar-refractivity contribution in [2.75, 3.05) is 5.32 Å². The normalized spacial score (nSPS) is 11.2. The predicted octanol–water partition coefficient (Wildman–Crippen LogP) is 3.25. The molecule has 0 saturated carbocycles. The summed E-state index contributed by atoms with van der Waals surface area (Å²) in [6, 6.07) is 11.0. The smallest absolute Gasteiger partial charge is 0.252 e. The zero-order chi connectivity index (χ0) is 23.7. The van der Waals surface area contributed by atoms with Gasteiger partial charge in [0.2, 0.25) is 5.91 Å². The van der Waals surface area contributed by atoms with Crippen LogP contribution < -0.4 is 5.32 Å². The molecule has 0 aliphatic rings. The van der Waals surface area contributed by atoms with Gasteiger partial charge in [-0.05, 0) is 25.1 Å². The van der Waals surface area contributed by atoms with Crippen LogP contribution >= 0.6 is 0 Å². The van der Waals surface area contributed by atoms with E-state index in [0.29, 0.717) is 28.5 Å². The highest BCUT2D eigenvalue weighted by Gasteiger charge is 2.17. The summed E-state index contributed by atoms with van der Waals surface area (Å²) in [4.78, 5) is 22.9. The molecular formula is C21H16N12O. The van der Waals surface area contributed by atoms with Crippen molar-refractivity contribution in [1.29, 1.82) is 5.26 Å². The van der Waals surface area contributed by atoms with Crippen molar-refractivity contribution in [1.82, 2.24) is 39.6 Å². The Morgan fingerprint density at radius 3 is 2.76 bits per heavy atom. The largest absolute Gasteiger partial charge is 0.326 e. The highest BCUT2D eigenvalue weighted by molar-refractivity contribution is 5.89. The first kappa shape index (κ1) is 20.6. The van der Waals surface area contributed by atoms with Gasteiger partial charge >= 0.3 is 0 Å². The molecule has 0 bridgehead atoms. The lowest BCUT2D eigenvalue weighted by Crippen LogP contribution is -2.05. The van der Waals surface area contributed by atoms with Crippen LogP contribution in [0, 0.1) is 18.3 Å². The second kappa shape index (κ2) is 8.36. The van der Waals surface area contributed by atoms with Crippen molar-refractivity contribution >= 4 is 28.7 Å². The molecule has 4 aromatic heterocycles. The summed E-state index contributed by atoms with van der Waals surface area (Å²) in [5.74, 6) is 0.820. The van der Waals surface area contributed by atoms with Crippen LogP contribution in [0.15, 0.2) is 59.2 Å².